The Morgan fingerprint density at radius 1 is 1.33 bits per heavy atom. The summed E-state index contributed by atoms with van der Waals surface area (Å²) in [6.45, 7) is 3.21. The average Bonchev–Trinajstić information content (AvgIpc) is 2.37. The van der Waals surface area contributed by atoms with Gasteiger partial charge in [0.1, 0.15) is 0 Å². The first kappa shape index (κ1) is 17.1. The quantitative estimate of drug-likeness (QED) is 0.615. The Morgan fingerprint density at radius 2 is 1.86 bits per heavy atom. The zero-order chi connectivity index (χ0) is 16.2. The van der Waals surface area contributed by atoms with Crippen LogP contribution >= 0.6 is 0 Å². The molecule has 0 heterocycles. The molecule has 0 aromatic heterocycles. The van der Waals surface area contributed by atoms with Crippen molar-refractivity contribution in [1.29, 1.82) is 0 Å². The zero-order valence-electron chi connectivity index (χ0n) is 11.9. The van der Waals surface area contributed by atoms with Gasteiger partial charge in [0.15, 0.2) is 0 Å². The van der Waals surface area contributed by atoms with Crippen molar-refractivity contribution in [2.24, 2.45) is 0 Å². The summed E-state index contributed by atoms with van der Waals surface area (Å²) in [4.78, 5) is 21.4. The fourth-order valence-corrected chi connectivity index (χ4v) is 2.70. The number of amides is 1. The van der Waals surface area contributed by atoms with E-state index in [1.54, 1.807) is 13.8 Å². The van der Waals surface area contributed by atoms with Gasteiger partial charge < -0.3 is 5.32 Å². The largest absolute Gasteiger partial charge is 0.353 e. The lowest BCUT2D eigenvalue weighted by Crippen LogP contribution is -2.40. The van der Waals surface area contributed by atoms with E-state index in [4.69, 9.17) is 0 Å². The summed E-state index contributed by atoms with van der Waals surface area (Å²) >= 11 is 0. The monoisotopic (exact) mass is 315 g/mol. The fourth-order valence-electron chi connectivity index (χ4n) is 1.57. The van der Waals surface area contributed by atoms with Crippen molar-refractivity contribution < 1.29 is 18.1 Å². The standard InChI is InChI=1S/C12H17N3O5S/c1-9(2)13-12(16)8-14(3)21(19,20)11-6-4-10(5-7-11)15(17)18/h4-7,9H,8H2,1-3H3,(H,13,16). The van der Waals surface area contributed by atoms with Crippen LogP contribution in [0.3, 0.4) is 0 Å². The van der Waals surface area contributed by atoms with Crippen molar-refractivity contribution in [3.05, 3.63) is 34.4 Å². The number of carbonyl (C=O) groups is 1. The van der Waals surface area contributed by atoms with Crippen LogP contribution < -0.4 is 5.32 Å². The van der Waals surface area contributed by atoms with E-state index >= 15 is 0 Å². The van der Waals surface area contributed by atoms with E-state index in [9.17, 15) is 23.3 Å². The third-order valence-corrected chi connectivity index (χ3v) is 4.39. The highest BCUT2D eigenvalue weighted by molar-refractivity contribution is 7.89. The van der Waals surface area contributed by atoms with Crippen LogP contribution in [0.1, 0.15) is 13.8 Å². The number of hydrogen-bond donors (Lipinski definition) is 1. The minimum absolute atomic E-state index is 0.0898. The van der Waals surface area contributed by atoms with Gasteiger partial charge in [-0.25, -0.2) is 8.42 Å². The number of carbonyl (C=O) groups excluding carboxylic acids is 1. The molecule has 1 N–H and O–H groups in total. The summed E-state index contributed by atoms with van der Waals surface area (Å²) < 4.78 is 25.3. The maximum absolute atomic E-state index is 12.2. The number of benzene rings is 1. The van der Waals surface area contributed by atoms with Gasteiger partial charge in [0.2, 0.25) is 15.9 Å². The Hall–Kier alpha value is -2.00. The van der Waals surface area contributed by atoms with Crippen LogP contribution in [0.15, 0.2) is 29.2 Å². The molecule has 8 nitrogen and oxygen atoms in total. The van der Waals surface area contributed by atoms with Gasteiger partial charge in [0.05, 0.1) is 16.4 Å². The molecule has 0 aliphatic heterocycles. The molecule has 0 saturated heterocycles. The molecule has 1 amide bonds. The molecule has 0 bridgehead atoms. The van der Waals surface area contributed by atoms with Crippen molar-refractivity contribution in [2.45, 2.75) is 24.8 Å². The average molecular weight is 315 g/mol. The molecular formula is C12H17N3O5S. The van der Waals surface area contributed by atoms with Crippen LogP contribution in [0, 0.1) is 10.1 Å². The number of sulfonamides is 1. The Balaban J connectivity index is 2.89. The predicted octanol–water partition coefficient (Wildman–Crippen LogP) is 0.740. The predicted molar refractivity (Wildman–Crippen MR) is 76.2 cm³/mol. The number of likely N-dealkylation sites (N-methyl/N-ethyl adjacent to an activating group) is 1. The van der Waals surface area contributed by atoms with Crippen molar-refractivity contribution in [2.75, 3.05) is 13.6 Å². The summed E-state index contributed by atoms with van der Waals surface area (Å²) in [5.74, 6) is -0.419. The van der Waals surface area contributed by atoms with Gasteiger partial charge >= 0.3 is 0 Å². The molecule has 1 rings (SSSR count). The molecule has 0 saturated carbocycles. The van der Waals surface area contributed by atoms with E-state index < -0.39 is 20.9 Å². The second kappa shape index (κ2) is 6.64. The summed E-state index contributed by atoms with van der Waals surface area (Å²) in [6.07, 6.45) is 0. The summed E-state index contributed by atoms with van der Waals surface area (Å²) in [7, 11) is -2.59. The van der Waals surface area contributed by atoms with Crippen LogP contribution in [-0.2, 0) is 14.8 Å². The maximum atomic E-state index is 12.2. The first-order valence-electron chi connectivity index (χ1n) is 6.14. The molecule has 0 fully saturated rings. The minimum Gasteiger partial charge on any atom is -0.353 e. The molecule has 0 aliphatic carbocycles. The van der Waals surface area contributed by atoms with Gasteiger partial charge in [0, 0.05) is 25.2 Å². The Morgan fingerprint density at radius 3 is 2.29 bits per heavy atom. The lowest BCUT2D eigenvalue weighted by molar-refractivity contribution is -0.384. The number of hydrogen-bond acceptors (Lipinski definition) is 5. The number of nitro groups is 1. The molecular weight excluding hydrogens is 298 g/mol. The van der Waals surface area contributed by atoms with E-state index in [0.717, 1.165) is 28.6 Å². The number of nitrogens with one attached hydrogen (secondary N) is 1. The fraction of sp³-hybridized carbons (Fsp3) is 0.417. The van der Waals surface area contributed by atoms with Crippen molar-refractivity contribution >= 4 is 21.6 Å². The lowest BCUT2D eigenvalue weighted by atomic mass is 10.3. The highest BCUT2D eigenvalue weighted by Crippen LogP contribution is 2.18. The normalized spacial score (nSPS) is 11.7. The van der Waals surface area contributed by atoms with Crippen LogP contribution in [-0.4, -0.2) is 43.2 Å². The van der Waals surface area contributed by atoms with Crippen LogP contribution in [0.5, 0.6) is 0 Å². The Bertz CT molecular complexity index is 625. The topological polar surface area (TPSA) is 110 Å². The summed E-state index contributed by atoms with van der Waals surface area (Å²) in [6, 6.07) is 4.41. The number of nitro benzene ring substituents is 1. The van der Waals surface area contributed by atoms with Crippen molar-refractivity contribution in [3.63, 3.8) is 0 Å². The Labute approximate surface area is 123 Å². The molecule has 1 aromatic rings. The minimum atomic E-state index is -3.86. The van der Waals surface area contributed by atoms with E-state index in [1.807, 2.05) is 0 Å². The molecule has 0 atom stereocenters. The van der Waals surface area contributed by atoms with Crippen molar-refractivity contribution in [1.82, 2.24) is 9.62 Å². The van der Waals surface area contributed by atoms with Crippen LogP contribution in [0.25, 0.3) is 0 Å². The first-order chi connectivity index (χ1) is 9.64. The van der Waals surface area contributed by atoms with E-state index in [2.05, 4.69) is 5.32 Å². The first-order valence-corrected chi connectivity index (χ1v) is 7.58. The third kappa shape index (κ3) is 4.50. The summed E-state index contributed by atoms with van der Waals surface area (Å²) in [5.41, 5.74) is -0.200. The third-order valence-electron chi connectivity index (χ3n) is 2.57. The molecule has 0 spiro atoms. The van der Waals surface area contributed by atoms with Gasteiger partial charge in [-0.3, -0.25) is 14.9 Å². The number of rotatable bonds is 6. The highest BCUT2D eigenvalue weighted by Gasteiger charge is 2.23. The van der Waals surface area contributed by atoms with Crippen LogP contribution in [0.2, 0.25) is 0 Å². The number of non-ortho nitro benzene ring substituents is 1. The summed E-state index contributed by atoms with van der Waals surface area (Å²) in [5, 5.41) is 13.1. The highest BCUT2D eigenvalue weighted by atomic mass is 32.2. The maximum Gasteiger partial charge on any atom is 0.269 e. The molecule has 0 radical (unpaired) electrons. The van der Waals surface area contributed by atoms with Gasteiger partial charge in [-0.05, 0) is 26.0 Å². The van der Waals surface area contributed by atoms with Gasteiger partial charge in [-0.1, -0.05) is 0 Å². The molecule has 1 aromatic carbocycles. The second-order valence-electron chi connectivity index (χ2n) is 4.73. The molecule has 0 aliphatic rings. The van der Waals surface area contributed by atoms with Crippen molar-refractivity contribution in [3.8, 4) is 0 Å². The Kier molecular flexibility index (Phi) is 5.39. The van der Waals surface area contributed by atoms with Gasteiger partial charge in [-0.15, -0.1) is 0 Å². The van der Waals surface area contributed by atoms with E-state index in [1.165, 1.54) is 7.05 Å². The molecule has 21 heavy (non-hydrogen) atoms. The molecule has 0 unspecified atom stereocenters. The zero-order valence-corrected chi connectivity index (χ0v) is 12.8. The lowest BCUT2D eigenvalue weighted by Gasteiger charge is -2.17. The van der Waals surface area contributed by atoms with Gasteiger partial charge in [-0.2, -0.15) is 4.31 Å². The number of nitrogens with zero attached hydrogens (tertiary/aromatic N) is 2. The van der Waals surface area contributed by atoms with Gasteiger partial charge in [0.25, 0.3) is 5.69 Å². The molecule has 9 heteroatoms. The molecule has 116 valence electrons. The SMILES string of the molecule is CC(C)NC(=O)CN(C)S(=O)(=O)c1ccc([N+](=O)[O-])cc1. The van der Waals surface area contributed by atoms with Crippen LogP contribution in [0.4, 0.5) is 5.69 Å². The second-order valence-corrected chi connectivity index (χ2v) is 6.78. The van der Waals surface area contributed by atoms with E-state index in [-0.39, 0.29) is 23.2 Å². The van der Waals surface area contributed by atoms with E-state index in [0.29, 0.717) is 0 Å². The smallest absolute Gasteiger partial charge is 0.269 e.